The lowest BCUT2D eigenvalue weighted by molar-refractivity contribution is -0.122. The maximum absolute atomic E-state index is 12.0. The van der Waals surface area contributed by atoms with Crippen LogP contribution in [0, 0.1) is 0 Å². The third-order valence-corrected chi connectivity index (χ3v) is 5.14. The fraction of sp³-hybridized carbons (Fsp3) is 0.571. The minimum absolute atomic E-state index is 0.147. The number of carbonyl (C=O) groups excluding carboxylic acids is 1. The van der Waals surface area contributed by atoms with Crippen molar-refractivity contribution in [2.75, 3.05) is 52.4 Å². The molecule has 2 saturated heterocycles. The molecule has 1 atom stereocenters. The maximum atomic E-state index is 12.0. The molecule has 0 spiro atoms. The van der Waals surface area contributed by atoms with Gasteiger partial charge in [0.1, 0.15) is 0 Å². The van der Waals surface area contributed by atoms with Crippen LogP contribution in [0.25, 0.3) is 6.08 Å². The summed E-state index contributed by atoms with van der Waals surface area (Å²) >= 11 is 0. The Hall–Kier alpha value is -1.69. The fourth-order valence-electron chi connectivity index (χ4n) is 3.48. The highest BCUT2D eigenvalue weighted by Crippen LogP contribution is 2.10. The first-order valence-corrected chi connectivity index (χ1v) is 9.84. The molecule has 0 aromatic heterocycles. The molecule has 2 heterocycles. The first-order valence-electron chi connectivity index (χ1n) is 9.84. The van der Waals surface area contributed by atoms with E-state index >= 15 is 0 Å². The van der Waals surface area contributed by atoms with Crippen molar-refractivity contribution in [3.05, 3.63) is 42.0 Å². The SMILES string of the molecule is O=C(CCN1CCN(C/C=C/c2ccccc2)CC1)NCC1CCCO1. The molecule has 0 aliphatic carbocycles. The number of ether oxygens (including phenoxy) is 1. The van der Waals surface area contributed by atoms with Gasteiger partial charge in [-0.05, 0) is 18.4 Å². The second kappa shape index (κ2) is 10.5. The van der Waals surface area contributed by atoms with Crippen LogP contribution in [0.2, 0.25) is 0 Å². The van der Waals surface area contributed by atoms with Gasteiger partial charge in [-0.2, -0.15) is 0 Å². The molecule has 5 heteroatoms. The zero-order chi connectivity index (χ0) is 18.0. The third kappa shape index (κ3) is 6.56. The van der Waals surface area contributed by atoms with Crippen LogP contribution < -0.4 is 5.32 Å². The topological polar surface area (TPSA) is 44.8 Å². The Kier molecular flexibility index (Phi) is 7.67. The van der Waals surface area contributed by atoms with Gasteiger partial charge in [-0.3, -0.25) is 9.69 Å². The summed E-state index contributed by atoms with van der Waals surface area (Å²) in [5, 5.41) is 3.01. The second-order valence-corrected chi connectivity index (χ2v) is 7.14. The highest BCUT2D eigenvalue weighted by Gasteiger charge is 2.18. The van der Waals surface area contributed by atoms with Crippen LogP contribution in [-0.2, 0) is 9.53 Å². The molecule has 26 heavy (non-hydrogen) atoms. The molecule has 5 nitrogen and oxygen atoms in total. The molecule has 1 unspecified atom stereocenters. The average Bonchev–Trinajstić information content (AvgIpc) is 3.20. The smallest absolute Gasteiger partial charge is 0.221 e. The summed E-state index contributed by atoms with van der Waals surface area (Å²) in [5.41, 5.74) is 1.25. The minimum Gasteiger partial charge on any atom is -0.376 e. The lowest BCUT2D eigenvalue weighted by Gasteiger charge is -2.34. The molecule has 142 valence electrons. The highest BCUT2D eigenvalue weighted by molar-refractivity contribution is 5.76. The van der Waals surface area contributed by atoms with Gasteiger partial charge in [-0.15, -0.1) is 0 Å². The first kappa shape index (κ1) is 19.1. The van der Waals surface area contributed by atoms with Gasteiger partial charge >= 0.3 is 0 Å². The van der Waals surface area contributed by atoms with E-state index in [0.717, 1.165) is 58.7 Å². The van der Waals surface area contributed by atoms with Crippen molar-refractivity contribution in [3.63, 3.8) is 0 Å². The number of nitrogens with one attached hydrogen (secondary N) is 1. The quantitative estimate of drug-likeness (QED) is 0.773. The molecule has 1 N–H and O–H groups in total. The molecule has 1 aromatic carbocycles. The van der Waals surface area contributed by atoms with Gasteiger partial charge in [-0.25, -0.2) is 0 Å². The molecule has 2 aliphatic heterocycles. The number of carbonyl (C=O) groups is 1. The van der Waals surface area contributed by atoms with Crippen molar-refractivity contribution in [3.8, 4) is 0 Å². The van der Waals surface area contributed by atoms with Crippen molar-refractivity contribution in [2.24, 2.45) is 0 Å². The van der Waals surface area contributed by atoms with E-state index < -0.39 is 0 Å². The molecular formula is C21H31N3O2. The minimum atomic E-state index is 0.147. The Balaban J connectivity index is 1.26. The molecule has 1 aromatic rings. The number of amides is 1. The van der Waals surface area contributed by atoms with Crippen molar-refractivity contribution in [1.82, 2.24) is 15.1 Å². The first-order chi connectivity index (χ1) is 12.8. The van der Waals surface area contributed by atoms with Gasteiger partial charge in [0.05, 0.1) is 6.10 Å². The largest absolute Gasteiger partial charge is 0.376 e. The monoisotopic (exact) mass is 357 g/mol. The van der Waals surface area contributed by atoms with Gasteiger partial charge in [-0.1, -0.05) is 42.5 Å². The van der Waals surface area contributed by atoms with Crippen LogP contribution in [0.1, 0.15) is 24.8 Å². The Bertz CT molecular complexity index is 562. The Morgan fingerprint density at radius 1 is 1.15 bits per heavy atom. The van der Waals surface area contributed by atoms with E-state index in [9.17, 15) is 4.79 Å². The Labute approximate surface area is 157 Å². The van der Waals surface area contributed by atoms with Gasteiger partial charge < -0.3 is 15.0 Å². The van der Waals surface area contributed by atoms with E-state index in [1.165, 1.54) is 5.56 Å². The molecular weight excluding hydrogens is 326 g/mol. The van der Waals surface area contributed by atoms with Crippen LogP contribution >= 0.6 is 0 Å². The van der Waals surface area contributed by atoms with Crippen LogP contribution in [0.4, 0.5) is 0 Å². The molecule has 2 aliphatic rings. The highest BCUT2D eigenvalue weighted by atomic mass is 16.5. The summed E-state index contributed by atoms with van der Waals surface area (Å²) < 4.78 is 5.53. The number of piperazine rings is 1. The van der Waals surface area contributed by atoms with Gasteiger partial charge in [0.25, 0.3) is 0 Å². The second-order valence-electron chi connectivity index (χ2n) is 7.14. The van der Waals surface area contributed by atoms with Gasteiger partial charge in [0, 0.05) is 58.8 Å². The van der Waals surface area contributed by atoms with E-state index in [0.29, 0.717) is 13.0 Å². The van der Waals surface area contributed by atoms with E-state index in [-0.39, 0.29) is 12.0 Å². The standard InChI is InChI=1S/C21H31N3O2/c25-21(22-18-20-9-5-17-26-20)10-12-24-15-13-23(14-16-24)11-4-8-19-6-2-1-3-7-19/h1-4,6-8,20H,5,9-18H2,(H,22,25)/b8-4+. The number of hydrogen-bond donors (Lipinski definition) is 1. The summed E-state index contributed by atoms with van der Waals surface area (Å²) in [7, 11) is 0. The van der Waals surface area contributed by atoms with Crippen LogP contribution in [0.5, 0.6) is 0 Å². The normalized spacial score (nSPS) is 22.1. The Morgan fingerprint density at radius 2 is 1.92 bits per heavy atom. The molecule has 1 amide bonds. The number of hydrogen-bond acceptors (Lipinski definition) is 4. The molecule has 2 fully saturated rings. The van der Waals surface area contributed by atoms with E-state index in [4.69, 9.17) is 4.74 Å². The summed E-state index contributed by atoms with van der Waals surface area (Å²) in [4.78, 5) is 16.8. The predicted molar refractivity (Wildman–Crippen MR) is 105 cm³/mol. The fourth-order valence-corrected chi connectivity index (χ4v) is 3.48. The van der Waals surface area contributed by atoms with Crippen molar-refractivity contribution < 1.29 is 9.53 Å². The van der Waals surface area contributed by atoms with Gasteiger partial charge in [0.15, 0.2) is 0 Å². The number of rotatable bonds is 8. The summed E-state index contributed by atoms with van der Waals surface area (Å²) in [6.45, 7) is 7.56. The zero-order valence-electron chi connectivity index (χ0n) is 15.6. The van der Waals surface area contributed by atoms with Crippen LogP contribution in [0.3, 0.4) is 0 Å². The number of benzene rings is 1. The van der Waals surface area contributed by atoms with Crippen molar-refractivity contribution >= 4 is 12.0 Å². The van der Waals surface area contributed by atoms with Crippen LogP contribution in [0.15, 0.2) is 36.4 Å². The molecule has 0 bridgehead atoms. The zero-order valence-corrected chi connectivity index (χ0v) is 15.6. The lowest BCUT2D eigenvalue weighted by Crippen LogP contribution is -2.47. The lowest BCUT2D eigenvalue weighted by atomic mass is 10.2. The molecule has 0 radical (unpaired) electrons. The van der Waals surface area contributed by atoms with Crippen molar-refractivity contribution in [2.45, 2.75) is 25.4 Å². The van der Waals surface area contributed by atoms with Gasteiger partial charge in [0.2, 0.25) is 5.91 Å². The summed E-state index contributed by atoms with van der Waals surface area (Å²) in [5.74, 6) is 0.147. The predicted octanol–water partition coefficient (Wildman–Crippen LogP) is 2.00. The summed E-state index contributed by atoms with van der Waals surface area (Å²) in [6, 6.07) is 10.4. The van der Waals surface area contributed by atoms with E-state index in [2.05, 4.69) is 51.5 Å². The van der Waals surface area contributed by atoms with Crippen LogP contribution in [-0.4, -0.2) is 74.2 Å². The average molecular weight is 357 g/mol. The third-order valence-electron chi connectivity index (χ3n) is 5.14. The van der Waals surface area contributed by atoms with E-state index in [1.807, 2.05) is 6.07 Å². The Morgan fingerprint density at radius 3 is 2.65 bits per heavy atom. The maximum Gasteiger partial charge on any atom is 0.221 e. The number of nitrogens with zero attached hydrogens (tertiary/aromatic N) is 2. The molecule has 3 rings (SSSR count). The molecule has 0 saturated carbocycles. The van der Waals surface area contributed by atoms with Crippen molar-refractivity contribution in [1.29, 1.82) is 0 Å². The van der Waals surface area contributed by atoms with E-state index in [1.54, 1.807) is 0 Å². The summed E-state index contributed by atoms with van der Waals surface area (Å²) in [6.07, 6.45) is 7.42.